The van der Waals surface area contributed by atoms with Gasteiger partial charge in [-0.05, 0) is 84.1 Å². The molecule has 1 aromatic carbocycles. The number of carbonyl (C=O) groups excluding carboxylic acids is 3. The molecule has 3 atom stereocenters. The Morgan fingerprint density at radius 3 is 2.65 bits per heavy atom. The topological polar surface area (TPSA) is 141 Å². The molecule has 0 radical (unpaired) electrons. The summed E-state index contributed by atoms with van der Waals surface area (Å²) >= 11 is 3.25. The molecule has 1 N–H and O–H groups in total. The van der Waals surface area contributed by atoms with E-state index in [0.29, 0.717) is 41.8 Å². The van der Waals surface area contributed by atoms with Crippen LogP contribution in [0.3, 0.4) is 0 Å². The summed E-state index contributed by atoms with van der Waals surface area (Å²) < 4.78 is 34.7. The number of rotatable bonds is 4. The highest BCUT2D eigenvalue weighted by Crippen LogP contribution is 2.60. The number of piperidine rings is 1. The Labute approximate surface area is 299 Å². The quantitative estimate of drug-likeness (QED) is 0.175. The first kappa shape index (κ1) is 33.0. The number of likely N-dealkylation sites (tertiary alicyclic amines) is 1. The molecule has 51 heavy (non-hydrogen) atoms. The second-order valence-electron chi connectivity index (χ2n) is 13.5. The van der Waals surface area contributed by atoms with Crippen LogP contribution >= 0.6 is 15.9 Å². The zero-order valence-corrected chi connectivity index (χ0v) is 29.3. The summed E-state index contributed by atoms with van der Waals surface area (Å²) in [4.78, 5) is 55.5. The lowest BCUT2D eigenvalue weighted by Gasteiger charge is -2.27. The lowest BCUT2D eigenvalue weighted by molar-refractivity contribution is -0.138. The number of ketones is 1. The summed E-state index contributed by atoms with van der Waals surface area (Å²) in [6.07, 6.45) is 9.13. The molecule has 2 aliphatic heterocycles. The van der Waals surface area contributed by atoms with Crippen LogP contribution in [0.4, 0.5) is 14.6 Å². The first-order chi connectivity index (χ1) is 24.4. The van der Waals surface area contributed by atoms with Crippen LogP contribution in [-0.4, -0.2) is 69.1 Å². The second-order valence-corrected chi connectivity index (χ2v) is 14.3. The van der Waals surface area contributed by atoms with Crippen molar-refractivity contribution < 1.29 is 23.2 Å². The molecule has 3 aliphatic rings. The maximum Gasteiger partial charge on any atom is 0.277 e. The molecule has 4 aromatic heterocycles. The van der Waals surface area contributed by atoms with Crippen LogP contribution < -0.4 is 5.32 Å². The Bertz CT molecular complexity index is 2270. The van der Waals surface area contributed by atoms with E-state index in [1.165, 1.54) is 23.7 Å². The van der Waals surface area contributed by atoms with Crippen LogP contribution in [0, 0.1) is 12.3 Å². The van der Waals surface area contributed by atoms with Crippen molar-refractivity contribution in [1.29, 1.82) is 0 Å². The van der Waals surface area contributed by atoms with E-state index < -0.39 is 35.3 Å². The number of carbonyl (C=O) groups is 3. The number of Topliss-reactive ketones (excluding diaryl/α,β-unsaturated/α-hetero) is 1. The molecule has 15 heteroatoms. The highest BCUT2D eigenvalue weighted by atomic mass is 79.9. The van der Waals surface area contributed by atoms with Crippen molar-refractivity contribution in [2.75, 3.05) is 5.32 Å². The number of fused-ring (bicyclic) bond motifs is 5. The Hall–Kier alpha value is -5.18. The number of hydrogen-bond donors (Lipinski definition) is 1. The van der Waals surface area contributed by atoms with Crippen molar-refractivity contribution in [3.63, 3.8) is 0 Å². The number of benzene rings is 1. The molecular weight excluding hydrogens is 724 g/mol. The van der Waals surface area contributed by atoms with Gasteiger partial charge in [0.1, 0.15) is 34.5 Å². The third kappa shape index (κ3) is 6.02. The fourth-order valence-electron chi connectivity index (χ4n) is 7.44. The van der Waals surface area contributed by atoms with Crippen molar-refractivity contribution in [1.82, 2.24) is 39.4 Å². The van der Waals surface area contributed by atoms with E-state index >= 15 is 8.78 Å². The average molecular weight is 757 g/mol. The third-order valence-corrected chi connectivity index (χ3v) is 10.5. The van der Waals surface area contributed by atoms with Gasteiger partial charge in [0.25, 0.3) is 5.92 Å². The molecule has 0 unspecified atom stereocenters. The predicted molar refractivity (Wildman–Crippen MR) is 187 cm³/mol. The van der Waals surface area contributed by atoms with Crippen molar-refractivity contribution >= 4 is 56.3 Å². The molecule has 2 amide bonds. The Kier molecular flexibility index (Phi) is 7.92. The number of amides is 2. The predicted octanol–water partition coefficient (Wildman–Crippen LogP) is 5.96. The monoisotopic (exact) mass is 755 g/mol. The number of aryl methyl sites for hydroxylation is 1. The maximum absolute atomic E-state index is 15.6. The Morgan fingerprint density at radius 2 is 1.86 bits per heavy atom. The SMILES string of the molecule is CC(=O)c1nn(CC(=O)N2[C@H]3C[C@]4(C[C@@H]24)Cn2ccc(n2)C=CCCC(F)(F)c2ccc(Br)nc2NC3=O)c2ccc(-c3cnc(C)nc3)cc12. The van der Waals surface area contributed by atoms with E-state index in [2.05, 4.69) is 46.4 Å². The molecular formula is C36H32BrF2N9O3. The minimum absolute atomic E-state index is 0.0787. The highest BCUT2D eigenvalue weighted by Gasteiger charge is 2.67. The Balaban J connectivity index is 1.15. The molecule has 4 bridgehead atoms. The highest BCUT2D eigenvalue weighted by molar-refractivity contribution is 9.10. The first-order valence-corrected chi connectivity index (χ1v) is 17.4. The van der Waals surface area contributed by atoms with Gasteiger partial charge in [-0.25, -0.2) is 23.7 Å². The number of alkyl halides is 2. The zero-order valence-electron chi connectivity index (χ0n) is 27.7. The third-order valence-electron chi connectivity index (χ3n) is 10.0. The smallest absolute Gasteiger partial charge is 0.277 e. The molecule has 260 valence electrons. The molecule has 1 saturated carbocycles. The lowest BCUT2D eigenvalue weighted by Crippen LogP contribution is -2.47. The van der Waals surface area contributed by atoms with Gasteiger partial charge in [-0.15, -0.1) is 0 Å². The molecule has 2 fully saturated rings. The van der Waals surface area contributed by atoms with Gasteiger partial charge < -0.3 is 10.2 Å². The fourth-order valence-corrected chi connectivity index (χ4v) is 7.75. The summed E-state index contributed by atoms with van der Waals surface area (Å²) in [7, 11) is 0. The number of pyridine rings is 1. The van der Waals surface area contributed by atoms with Crippen LogP contribution in [0.2, 0.25) is 0 Å². The van der Waals surface area contributed by atoms with E-state index in [-0.39, 0.29) is 46.8 Å². The van der Waals surface area contributed by atoms with Crippen LogP contribution in [0.1, 0.15) is 60.2 Å². The molecule has 1 saturated heterocycles. The summed E-state index contributed by atoms with van der Waals surface area (Å²) in [6, 6.07) is 8.69. The minimum Gasteiger partial charge on any atom is -0.325 e. The van der Waals surface area contributed by atoms with Gasteiger partial charge in [0, 0.05) is 60.9 Å². The van der Waals surface area contributed by atoms with E-state index in [1.807, 2.05) is 24.4 Å². The second kappa shape index (κ2) is 12.2. The number of halogens is 3. The van der Waals surface area contributed by atoms with Gasteiger partial charge in [-0.1, -0.05) is 12.1 Å². The molecule has 8 rings (SSSR count). The van der Waals surface area contributed by atoms with Gasteiger partial charge in [0.15, 0.2) is 5.78 Å². The number of allylic oxidation sites excluding steroid dienone is 1. The van der Waals surface area contributed by atoms with Crippen molar-refractivity contribution in [2.45, 2.75) is 70.6 Å². The van der Waals surface area contributed by atoms with E-state index in [1.54, 1.807) is 47.1 Å². The summed E-state index contributed by atoms with van der Waals surface area (Å²) in [5, 5.41) is 12.4. The van der Waals surface area contributed by atoms with Gasteiger partial charge in [0.05, 0.1) is 16.8 Å². The number of nitrogens with zero attached hydrogens (tertiary/aromatic N) is 8. The van der Waals surface area contributed by atoms with E-state index in [0.717, 1.165) is 11.1 Å². The van der Waals surface area contributed by atoms with E-state index in [4.69, 9.17) is 0 Å². The Morgan fingerprint density at radius 1 is 1.06 bits per heavy atom. The van der Waals surface area contributed by atoms with Gasteiger partial charge >= 0.3 is 0 Å². The zero-order chi connectivity index (χ0) is 35.7. The number of hydrogen-bond acceptors (Lipinski definition) is 8. The van der Waals surface area contributed by atoms with Gasteiger partial charge in [-0.2, -0.15) is 10.2 Å². The number of aromatic nitrogens is 7. The normalized spacial score (nSPS) is 22.4. The standard InChI is InChI=1S/C36H32BrF2N9O3/c1-20(49)32-25-13-22(23-16-40-21(2)41-17-23)6-8-27(25)47(45-32)18-31(50)48-28-14-35(15-29(35)48)19-46-12-10-24(44-46)5-3-4-11-36(38,39)26-7-9-30(37)42-33(26)43-34(28)51/h3,5-10,12-13,16-17,28-29H,4,11,14-15,18-19H2,1-2H3,(H,42,43,51)/t28-,29+,35-/m0/s1. The number of anilines is 1. The van der Waals surface area contributed by atoms with Crippen molar-refractivity contribution in [3.05, 3.63) is 88.4 Å². The van der Waals surface area contributed by atoms with Crippen LogP contribution in [0.5, 0.6) is 0 Å². The summed E-state index contributed by atoms with van der Waals surface area (Å²) in [5.74, 6) is -4.18. The first-order valence-electron chi connectivity index (χ1n) is 16.6. The average Bonchev–Trinajstić information content (AvgIpc) is 3.36. The van der Waals surface area contributed by atoms with Gasteiger partial charge in [-0.3, -0.25) is 23.7 Å². The summed E-state index contributed by atoms with van der Waals surface area (Å²) in [6.45, 7) is 3.44. The molecule has 12 nitrogen and oxygen atoms in total. The summed E-state index contributed by atoms with van der Waals surface area (Å²) in [5.41, 5.74) is 2.11. The molecule has 6 heterocycles. The van der Waals surface area contributed by atoms with Crippen LogP contribution in [0.25, 0.3) is 28.1 Å². The molecule has 5 aromatic rings. The molecule has 1 aliphatic carbocycles. The van der Waals surface area contributed by atoms with Crippen LogP contribution in [0.15, 0.2) is 65.7 Å². The van der Waals surface area contributed by atoms with Crippen LogP contribution in [-0.2, 0) is 28.6 Å². The van der Waals surface area contributed by atoms with Crippen molar-refractivity contribution in [2.24, 2.45) is 5.41 Å². The largest absolute Gasteiger partial charge is 0.325 e. The number of nitrogens with one attached hydrogen (secondary N) is 1. The molecule has 1 spiro atoms. The fraction of sp³-hybridized carbons (Fsp3) is 0.333. The van der Waals surface area contributed by atoms with E-state index in [9.17, 15) is 14.4 Å². The van der Waals surface area contributed by atoms with Gasteiger partial charge in [0.2, 0.25) is 11.8 Å². The van der Waals surface area contributed by atoms with Crippen molar-refractivity contribution in [3.8, 4) is 11.1 Å². The minimum atomic E-state index is -3.30. The maximum atomic E-state index is 15.6. The lowest BCUT2D eigenvalue weighted by atomic mass is 9.98.